The summed E-state index contributed by atoms with van der Waals surface area (Å²) in [6.45, 7) is 0.496. The van der Waals surface area contributed by atoms with Crippen LogP contribution < -0.4 is 0 Å². The van der Waals surface area contributed by atoms with E-state index in [1.165, 1.54) is 6.20 Å². The van der Waals surface area contributed by atoms with Crippen LogP contribution in [0.15, 0.2) is 83.7 Å². The minimum absolute atomic E-state index is 0.0184. The maximum absolute atomic E-state index is 13.3. The summed E-state index contributed by atoms with van der Waals surface area (Å²) in [5.41, 5.74) is 2.97. The highest BCUT2D eigenvalue weighted by Gasteiger charge is 2.26. The zero-order chi connectivity index (χ0) is 21.4. The van der Waals surface area contributed by atoms with Gasteiger partial charge in [0.05, 0.1) is 17.3 Å². The number of hydrogen-bond acceptors (Lipinski definition) is 4. The normalized spacial score (nSPS) is 11.2. The lowest BCUT2D eigenvalue weighted by molar-refractivity contribution is 0.100. The lowest BCUT2D eigenvalue weighted by Crippen LogP contribution is -2.04. The molecular formula is C24H15Cl2N3O2. The maximum Gasteiger partial charge on any atom is 0.268 e. The van der Waals surface area contributed by atoms with Crippen molar-refractivity contribution in [3.63, 3.8) is 0 Å². The van der Waals surface area contributed by atoms with Crippen molar-refractivity contribution >= 4 is 39.9 Å². The predicted molar refractivity (Wildman–Crippen MR) is 121 cm³/mol. The number of para-hydroxylation sites is 1. The molecule has 5 rings (SSSR count). The molecule has 0 fully saturated rings. The van der Waals surface area contributed by atoms with Gasteiger partial charge in [-0.25, -0.2) is 4.98 Å². The Morgan fingerprint density at radius 2 is 1.77 bits per heavy atom. The largest absolute Gasteiger partial charge is 0.433 e. The van der Waals surface area contributed by atoms with Crippen LogP contribution in [0, 0.1) is 0 Å². The van der Waals surface area contributed by atoms with Crippen LogP contribution in [-0.2, 0) is 6.54 Å². The summed E-state index contributed by atoms with van der Waals surface area (Å²) in [6.07, 6.45) is 4.84. The molecule has 31 heavy (non-hydrogen) atoms. The molecule has 0 radical (unpaired) electrons. The number of pyridine rings is 1. The van der Waals surface area contributed by atoms with Gasteiger partial charge < -0.3 is 8.98 Å². The van der Waals surface area contributed by atoms with Crippen molar-refractivity contribution < 1.29 is 9.21 Å². The van der Waals surface area contributed by atoms with Gasteiger partial charge >= 0.3 is 0 Å². The fraction of sp³-hybridized carbons (Fsp3) is 0.0417. The fourth-order valence-electron chi connectivity index (χ4n) is 3.54. The molecule has 0 aliphatic carbocycles. The average Bonchev–Trinajstić information content (AvgIpc) is 3.40. The quantitative estimate of drug-likeness (QED) is 0.297. The first kappa shape index (κ1) is 19.5. The van der Waals surface area contributed by atoms with Gasteiger partial charge in [-0.3, -0.25) is 9.78 Å². The minimum Gasteiger partial charge on any atom is -0.433 e. The van der Waals surface area contributed by atoms with E-state index >= 15 is 0 Å². The number of carbonyl (C=O) groups excluding carboxylic acids is 1. The van der Waals surface area contributed by atoms with Crippen LogP contribution in [0.5, 0.6) is 0 Å². The Balaban J connectivity index is 1.57. The monoisotopic (exact) mass is 447 g/mol. The summed E-state index contributed by atoms with van der Waals surface area (Å²) in [5.74, 6) is 0.0822. The van der Waals surface area contributed by atoms with E-state index in [4.69, 9.17) is 27.6 Å². The van der Waals surface area contributed by atoms with Gasteiger partial charge in [0.15, 0.2) is 5.76 Å². The second kappa shape index (κ2) is 8.02. The van der Waals surface area contributed by atoms with Crippen LogP contribution in [-0.4, -0.2) is 20.3 Å². The number of rotatable bonds is 5. The first-order chi connectivity index (χ1) is 15.1. The van der Waals surface area contributed by atoms with E-state index in [-0.39, 0.29) is 11.7 Å². The third-order valence-corrected chi connectivity index (χ3v) is 5.68. The molecule has 0 aliphatic rings. The van der Waals surface area contributed by atoms with Crippen LogP contribution in [0.1, 0.15) is 21.8 Å². The van der Waals surface area contributed by atoms with Gasteiger partial charge in [0.2, 0.25) is 0 Å². The predicted octanol–water partition coefficient (Wildman–Crippen LogP) is 6.28. The number of carbonyl (C=O) groups is 1. The van der Waals surface area contributed by atoms with Gasteiger partial charge in [0, 0.05) is 34.9 Å². The molecule has 3 heterocycles. The number of benzene rings is 2. The molecule has 7 heteroatoms. The van der Waals surface area contributed by atoms with Crippen molar-refractivity contribution in [2.24, 2.45) is 0 Å². The number of halogens is 2. The van der Waals surface area contributed by atoms with Crippen LogP contribution in [0.25, 0.3) is 22.2 Å². The molecule has 0 N–H and O–H groups in total. The molecule has 2 aromatic carbocycles. The van der Waals surface area contributed by atoms with E-state index in [0.29, 0.717) is 28.0 Å². The van der Waals surface area contributed by atoms with Gasteiger partial charge in [-0.2, -0.15) is 0 Å². The SMILES string of the molecule is O=C(c1ncc(-c2cccnc2)o1)c1c(Cl)n(Cc2ccc(Cl)cc2)c2ccccc12. The number of hydrogen-bond donors (Lipinski definition) is 0. The van der Waals surface area contributed by atoms with Crippen LogP contribution in [0.4, 0.5) is 0 Å². The summed E-state index contributed by atoms with van der Waals surface area (Å²) < 4.78 is 7.65. The van der Waals surface area contributed by atoms with Crippen LogP contribution >= 0.6 is 23.2 Å². The first-order valence-corrected chi connectivity index (χ1v) is 10.3. The number of oxazole rings is 1. The molecule has 0 unspecified atom stereocenters. The van der Waals surface area contributed by atoms with Gasteiger partial charge in [-0.1, -0.05) is 53.5 Å². The Kier molecular flexibility index (Phi) is 5.06. The molecule has 0 saturated carbocycles. The van der Waals surface area contributed by atoms with Crippen molar-refractivity contribution in [3.05, 3.63) is 106 Å². The van der Waals surface area contributed by atoms with Gasteiger partial charge in [0.25, 0.3) is 11.7 Å². The highest BCUT2D eigenvalue weighted by Crippen LogP contribution is 2.33. The van der Waals surface area contributed by atoms with Gasteiger partial charge in [-0.15, -0.1) is 0 Å². The van der Waals surface area contributed by atoms with Crippen LogP contribution in [0.3, 0.4) is 0 Å². The molecule has 0 atom stereocenters. The number of ketones is 1. The molecular weight excluding hydrogens is 433 g/mol. The third-order valence-electron chi connectivity index (χ3n) is 5.03. The molecule has 0 bridgehead atoms. The molecule has 5 aromatic rings. The summed E-state index contributed by atoms with van der Waals surface area (Å²) in [5, 5.41) is 1.74. The molecule has 5 nitrogen and oxygen atoms in total. The molecule has 152 valence electrons. The molecule has 0 spiro atoms. The highest BCUT2D eigenvalue weighted by molar-refractivity contribution is 6.36. The first-order valence-electron chi connectivity index (χ1n) is 9.54. The number of nitrogens with zero attached hydrogens (tertiary/aromatic N) is 3. The van der Waals surface area contributed by atoms with Gasteiger partial charge in [-0.05, 0) is 35.9 Å². The highest BCUT2D eigenvalue weighted by atomic mass is 35.5. The topological polar surface area (TPSA) is 60.9 Å². The van der Waals surface area contributed by atoms with E-state index in [9.17, 15) is 4.79 Å². The molecule has 0 saturated heterocycles. The zero-order valence-electron chi connectivity index (χ0n) is 16.1. The minimum atomic E-state index is -0.369. The Morgan fingerprint density at radius 1 is 0.968 bits per heavy atom. The standard InChI is InChI=1S/C24H15Cl2N3O2/c25-17-9-7-15(8-10-17)14-29-19-6-2-1-5-18(19)21(23(29)26)22(30)24-28-13-20(31-24)16-4-3-11-27-12-16/h1-13H,14H2. The Morgan fingerprint density at radius 3 is 2.55 bits per heavy atom. The van der Waals surface area contributed by atoms with E-state index < -0.39 is 0 Å². The molecule has 0 aliphatic heterocycles. The van der Waals surface area contributed by atoms with Crippen LogP contribution in [0.2, 0.25) is 10.2 Å². The summed E-state index contributed by atoms with van der Waals surface area (Å²) >= 11 is 12.7. The van der Waals surface area contributed by atoms with E-state index in [0.717, 1.165) is 22.0 Å². The smallest absolute Gasteiger partial charge is 0.268 e. The van der Waals surface area contributed by atoms with Crippen molar-refractivity contribution in [1.29, 1.82) is 0 Å². The van der Waals surface area contributed by atoms with Crippen molar-refractivity contribution in [1.82, 2.24) is 14.5 Å². The molecule has 0 amide bonds. The van der Waals surface area contributed by atoms with Crippen molar-refractivity contribution in [2.45, 2.75) is 6.54 Å². The van der Waals surface area contributed by atoms with Crippen molar-refractivity contribution in [3.8, 4) is 11.3 Å². The zero-order valence-corrected chi connectivity index (χ0v) is 17.6. The second-order valence-corrected chi connectivity index (χ2v) is 7.79. The lowest BCUT2D eigenvalue weighted by Gasteiger charge is -2.07. The summed E-state index contributed by atoms with van der Waals surface area (Å²) in [6, 6.07) is 18.8. The third kappa shape index (κ3) is 3.63. The van der Waals surface area contributed by atoms with Crippen molar-refractivity contribution in [2.75, 3.05) is 0 Å². The Labute approximate surface area is 187 Å². The van der Waals surface area contributed by atoms with E-state index in [2.05, 4.69) is 9.97 Å². The Bertz CT molecular complexity index is 1390. The van der Waals surface area contributed by atoms with E-state index in [1.54, 1.807) is 18.5 Å². The fourth-order valence-corrected chi connectivity index (χ4v) is 4.01. The average molecular weight is 448 g/mol. The molecule has 3 aromatic heterocycles. The second-order valence-electron chi connectivity index (χ2n) is 7.00. The lowest BCUT2D eigenvalue weighted by atomic mass is 10.1. The Hall–Kier alpha value is -3.41. The van der Waals surface area contributed by atoms with Gasteiger partial charge in [0.1, 0.15) is 5.15 Å². The van der Waals surface area contributed by atoms with E-state index in [1.807, 2.05) is 59.2 Å². The number of aromatic nitrogens is 3. The summed E-state index contributed by atoms with van der Waals surface area (Å²) in [7, 11) is 0. The maximum atomic E-state index is 13.3. The summed E-state index contributed by atoms with van der Waals surface area (Å²) in [4.78, 5) is 21.6. The number of fused-ring (bicyclic) bond motifs is 1.